The Hall–Kier alpha value is -3.40. The van der Waals surface area contributed by atoms with Crippen molar-refractivity contribution in [3.8, 4) is 16.9 Å². The highest BCUT2D eigenvalue weighted by atomic mass is 35.5. The zero-order valence-electron chi connectivity index (χ0n) is 17.9. The van der Waals surface area contributed by atoms with Crippen molar-refractivity contribution in [1.29, 1.82) is 0 Å². The number of benzene rings is 1. The summed E-state index contributed by atoms with van der Waals surface area (Å²) < 4.78 is 57.4. The molecule has 0 saturated carbocycles. The first-order chi connectivity index (χ1) is 16.1. The Kier molecular flexibility index (Phi) is 6.60. The van der Waals surface area contributed by atoms with E-state index in [-0.39, 0.29) is 16.9 Å². The zero-order chi connectivity index (χ0) is 24.5. The first kappa shape index (κ1) is 23.7. The minimum Gasteiger partial charge on any atom is -0.420 e. The molecule has 1 aromatic carbocycles. The number of anilines is 2. The van der Waals surface area contributed by atoms with Gasteiger partial charge in [-0.3, -0.25) is 4.79 Å². The molecule has 0 aliphatic carbocycles. The van der Waals surface area contributed by atoms with Crippen molar-refractivity contribution in [2.45, 2.75) is 18.9 Å². The summed E-state index contributed by atoms with van der Waals surface area (Å²) in [6.45, 7) is 3.54. The van der Waals surface area contributed by atoms with Crippen molar-refractivity contribution in [1.82, 2.24) is 9.97 Å². The molecule has 34 heavy (non-hydrogen) atoms. The summed E-state index contributed by atoms with van der Waals surface area (Å²) in [6.07, 6.45) is 2.31. The minimum atomic E-state index is -3.85. The van der Waals surface area contributed by atoms with Gasteiger partial charge in [0.05, 0.1) is 5.56 Å². The van der Waals surface area contributed by atoms with E-state index in [1.165, 1.54) is 36.5 Å². The third-order valence-electron chi connectivity index (χ3n) is 5.27. The molecule has 1 fully saturated rings. The third kappa shape index (κ3) is 5.74. The maximum atomic E-state index is 13.8. The molecule has 4 rings (SSSR count). The van der Waals surface area contributed by atoms with Crippen molar-refractivity contribution < 1.29 is 27.1 Å². The number of nitrogens with one attached hydrogen (secondary N) is 1. The minimum absolute atomic E-state index is 0.135. The van der Waals surface area contributed by atoms with Crippen LogP contribution < -0.4 is 15.0 Å². The second-order valence-electron chi connectivity index (χ2n) is 7.96. The van der Waals surface area contributed by atoms with E-state index < -0.39 is 23.4 Å². The molecule has 0 bridgehead atoms. The number of halogens is 5. The quantitative estimate of drug-likeness (QED) is 0.271. The summed E-state index contributed by atoms with van der Waals surface area (Å²) >= 11 is 4.74. The standard InChI is InChI=1S/C23H19ClF4N4O2/c1-13-6-7-32(12-13)21-18(14-9-19(25)31-20(26)10-14)8-15(11-29-21)22(33)30-16-2-4-17(5-3-16)34-23(24,27)28/h2-5,8-11,13H,6-7,12H2,1H3,(H,30,33)/t13-/m1/s1. The summed E-state index contributed by atoms with van der Waals surface area (Å²) in [5.74, 6) is -1.79. The van der Waals surface area contributed by atoms with Crippen LogP contribution in [0.25, 0.3) is 11.1 Å². The van der Waals surface area contributed by atoms with Crippen LogP contribution in [0.5, 0.6) is 5.75 Å². The van der Waals surface area contributed by atoms with Crippen LogP contribution in [0, 0.1) is 17.8 Å². The summed E-state index contributed by atoms with van der Waals surface area (Å²) in [6, 6.07) is 8.81. The van der Waals surface area contributed by atoms with Crippen LogP contribution in [0.4, 0.5) is 29.1 Å². The fourth-order valence-electron chi connectivity index (χ4n) is 3.74. The molecule has 1 atom stereocenters. The lowest BCUT2D eigenvalue weighted by Crippen LogP contribution is -2.22. The van der Waals surface area contributed by atoms with Gasteiger partial charge in [-0.05, 0) is 48.2 Å². The van der Waals surface area contributed by atoms with Crippen LogP contribution in [0.3, 0.4) is 0 Å². The Balaban J connectivity index is 1.62. The fraction of sp³-hybridized carbons (Fsp3) is 0.261. The van der Waals surface area contributed by atoms with Crippen molar-refractivity contribution in [3.05, 3.63) is 66.1 Å². The molecule has 1 N–H and O–H groups in total. The SMILES string of the molecule is C[C@@H]1CCN(c2ncc(C(=O)Nc3ccc(OC(F)(F)Cl)cc3)cc2-c2cc(F)nc(F)c2)C1. The van der Waals surface area contributed by atoms with Gasteiger partial charge in [0, 0.05) is 54.3 Å². The number of carbonyl (C=O) groups is 1. The van der Waals surface area contributed by atoms with E-state index in [1.54, 1.807) is 0 Å². The number of rotatable bonds is 6. The molecule has 3 heterocycles. The number of carbonyl (C=O) groups excluding carboxylic acids is 1. The molecule has 11 heteroatoms. The normalized spacial score (nSPS) is 15.9. The van der Waals surface area contributed by atoms with Gasteiger partial charge in [0.1, 0.15) is 11.6 Å². The van der Waals surface area contributed by atoms with Crippen LogP contribution in [-0.4, -0.2) is 34.5 Å². The first-order valence-corrected chi connectivity index (χ1v) is 10.7. The Morgan fingerprint density at radius 1 is 1.18 bits per heavy atom. The Bertz CT molecular complexity index is 1180. The summed E-state index contributed by atoms with van der Waals surface area (Å²) in [5.41, 5.74) is -2.83. The Morgan fingerprint density at radius 2 is 1.85 bits per heavy atom. The second kappa shape index (κ2) is 9.46. The number of nitrogens with zero attached hydrogens (tertiary/aromatic N) is 3. The van der Waals surface area contributed by atoms with Gasteiger partial charge in [-0.15, -0.1) is 8.78 Å². The van der Waals surface area contributed by atoms with E-state index in [2.05, 4.69) is 26.9 Å². The van der Waals surface area contributed by atoms with E-state index in [0.29, 0.717) is 23.0 Å². The van der Waals surface area contributed by atoms with Crippen LogP contribution in [0.1, 0.15) is 23.7 Å². The van der Waals surface area contributed by atoms with Crippen molar-refractivity contribution in [2.24, 2.45) is 5.92 Å². The Labute approximate surface area is 197 Å². The first-order valence-electron chi connectivity index (χ1n) is 10.3. The van der Waals surface area contributed by atoms with Crippen LogP contribution in [0.15, 0.2) is 48.7 Å². The summed E-state index contributed by atoms with van der Waals surface area (Å²) in [4.78, 5) is 22.4. The van der Waals surface area contributed by atoms with E-state index in [4.69, 9.17) is 11.6 Å². The molecule has 0 radical (unpaired) electrons. The maximum absolute atomic E-state index is 13.8. The van der Waals surface area contributed by atoms with E-state index in [1.807, 2.05) is 4.90 Å². The average molecular weight is 495 g/mol. The predicted octanol–water partition coefficient (Wildman–Crippen LogP) is 5.69. The van der Waals surface area contributed by atoms with Gasteiger partial charge in [-0.2, -0.15) is 13.8 Å². The highest BCUT2D eigenvalue weighted by Crippen LogP contribution is 2.34. The highest BCUT2D eigenvalue weighted by Gasteiger charge is 2.27. The van der Waals surface area contributed by atoms with Crippen LogP contribution >= 0.6 is 11.6 Å². The van der Waals surface area contributed by atoms with E-state index in [9.17, 15) is 22.4 Å². The van der Waals surface area contributed by atoms with Gasteiger partial charge < -0.3 is 15.0 Å². The van der Waals surface area contributed by atoms with E-state index in [0.717, 1.165) is 31.6 Å². The molecular formula is C23H19ClF4N4O2. The van der Waals surface area contributed by atoms with Gasteiger partial charge in [-0.1, -0.05) is 6.92 Å². The fourth-order valence-corrected chi connectivity index (χ4v) is 3.83. The predicted molar refractivity (Wildman–Crippen MR) is 119 cm³/mol. The van der Waals surface area contributed by atoms with E-state index >= 15 is 0 Å². The molecule has 0 spiro atoms. The average Bonchev–Trinajstić information content (AvgIpc) is 3.19. The molecule has 1 aliphatic heterocycles. The van der Waals surface area contributed by atoms with Crippen LogP contribution in [-0.2, 0) is 0 Å². The Morgan fingerprint density at radius 3 is 2.44 bits per heavy atom. The number of amides is 1. The van der Waals surface area contributed by atoms with Gasteiger partial charge in [0.25, 0.3) is 5.91 Å². The molecule has 1 saturated heterocycles. The lowest BCUT2D eigenvalue weighted by atomic mass is 10.0. The number of aromatic nitrogens is 2. The van der Waals surface area contributed by atoms with Crippen molar-refractivity contribution >= 4 is 29.0 Å². The zero-order valence-corrected chi connectivity index (χ0v) is 18.6. The molecular weight excluding hydrogens is 476 g/mol. The largest absolute Gasteiger partial charge is 0.487 e. The third-order valence-corrected chi connectivity index (χ3v) is 5.35. The highest BCUT2D eigenvalue weighted by molar-refractivity contribution is 6.20. The molecule has 1 amide bonds. The number of hydrogen-bond donors (Lipinski definition) is 1. The van der Waals surface area contributed by atoms with Gasteiger partial charge in [-0.25, -0.2) is 4.98 Å². The van der Waals surface area contributed by atoms with Gasteiger partial charge >= 0.3 is 5.57 Å². The molecule has 3 aromatic rings. The summed E-state index contributed by atoms with van der Waals surface area (Å²) in [7, 11) is 0. The van der Waals surface area contributed by atoms with Crippen molar-refractivity contribution in [3.63, 3.8) is 0 Å². The molecule has 1 aliphatic rings. The lowest BCUT2D eigenvalue weighted by Gasteiger charge is -2.21. The number of ether oxygens (including phenoxy) is 1. The number of hydrogen-bond acceptors (Lipinski definition) is 5. The smallest absolute Gasteiger partial charge is 0.420 e. The van der Waals surface area contributed by atoms with Gasteiger partial charge in [0.15, 0.2) is 0 Å². The molecule has 0 unspecified atom stereocenters. The molecule has 178 valence electrons. The maximum Gasteiger partial charge on any atom is 0.487 e. The monoisotopic (exact) mass is 494 g/mol. The van der Waals surface area contributed by atoms with Crippen molar-refractivity contribution in [2.75, 3.05) is 23.3 Å². The second-order valence-corrected chi connectivity index (χ2v) is 8.40. The number of alkyl halides is 3. The molecule has 6 nitrogen and oxygen atoms in total. The topological polar surface area (TPSA) is 67.4 Å². The molecule has 2 aromatic heterocycles. The van der Waals surface area contributed by atoms with Crippen LogP contribution in [0.2, 0.25) is 0 Å². The lowest BCUT2D eigenvalue weighted by molar-refractivity contribution is -0.0964. The number of pyridine rings is 2. The van der Waals surface area contributed by atoms with Gasteiger partial charge in [0.2, 0.25) is 11.9 Å². The summed E-state index contributed by atoms with van der Waals surface area (Å²) in [5, 5.41) is 2.62.